The van der Waals surface area contributed by atoms with Crippen LogP contribution in [-0.2, 0) is 10.0 Å². The van der Waals surface area contributed by atoms with Crippen molar-refractivity contribution in [2.75, 3.05) is 10.0 Å². The van der Waals surface area contributed by atoms with Crippen LogP contribution in [0.1, 0.15) is 32.0 Å². The Morgan fingerprint density at radius 1 is 1.07 bits per heavy atom. The van der Waals surface area contributed by atoms with Crippen molar-refractivity contribution < 1.29 is 8.42 Å². The van der Waals surface area contributed by atoms with Crippen LogP contribution >= 0.6 is 22.9 Å². The summed E-state index contributed by atoms with van der Waals surface area (Å²) in [5.41, 5.74) is 2.57. The van der Waals surface area contributed by atoms with Gasteiger partial charge in [-0.3, -0.25) is 4.72 Å². The highest BCUT2D eigenvalue weighted by molar-refractivity contribution is 7.92. The molecule has 3 aromatic rings. The molecule has 0 saturated heterocycles. The summed E-state index contributed by atoms with van der Waals surface area (Å²) in [7, 11) is -3.80. The molecule has 1 heterocycles. The summed E-state index contributed by atoms with van der Waals surface area (Å²) in [6.07, 6.45) is 0. The molecule has 0 atom stereocenters. The molecule has 0 fully saturated rings. The second kappa shape index (κ2) is 7.97. The first-order valence-corrected chi connectivity index (χ1v) is 11.8. The van der Waals surface area contributed by atoms with E-state index in [1.807, 2.05) is 19.1 Å². The molecule has 0 radical (unpaired) electrons. The van der Waals surface area contributed by atoms with Crippen LogP contribution in [0.25, 0.3) is 10.4 Å². The van der Waals surface area contributed by atoms with Crippen molar-refractivity contribution in [3.8, 4) is 10.4 Å². The third-order valence-corrected chi connectivity index (χ3v) is 7.10. The summed E-state index contributed by atoms with van der Waals surface area (Å²) < 4.78 is 28.7. The van der Waals surface area contributed by atoms with Crippen LogP contribution in [-0.4, -0.2) is 18.9 Å². The minimum Gasteiger partial charge on any atom is -0.357 e. The molecule has 0 bridgehead atoms. The van der Waals surface area contributed by atoms with Crippen molar-refractivity contribution in [1.29, 1.82) is 0 Å². The molecular formula is C21H24ClN3O2S2. The van der Waals surface area contributed by atoms with Gasteiger partial charge in [0.25, 0.3) is 10.0 Å². The van der Waals surface area contributed by atoms with Crippen LogP contribution in [0.5, 0.6) is 0 Å². The third kappa shape index (κ3) is 5.10. The fourth-order valence-electron chi connectivity index (χ4n) is 2.81. The number of anilines is 2. The molecule has 0 saturated carbocycles. The van der Waals surface area contributed by atoms with E-state index in [9.17, 15) is 8.42 Å². The van der Waals surface area contributed by atoms with Gasteiger partial charge in [-0.15, -0.1) is 0 Å². The van der Waals surface area contributed by atoms with Crippen molar-refractivity contribution in [2.45, 2.75) is 45.1 Å². The summed E-state index contributed by atoms with van der Waals surface area (Å²) >= 11 is 7.63. The molecule has 0 aliphatic carbocycles. The minimum absolute atomic E-state index is 0.109. The molecule has 0 aliphatic rings. The van der Waals surface area contributed by atoms with E-state index < -0.39 is 10.0 Å². The second-order valence-corrected chi connectivity index (χ2v) is 10.9. The topological polar surface area (TPSA) is 71.1 Å². The van der Waals surface area contributed by atoms with E-state index in [0.29, 0.717) is 16.3 Å². The van der Waals surface area contributed by atoms with Crippen LogP contribution in [0, 0.1) is 13.8 Å². The number of hydrogen-bond acceptors (Lipinski definition) is 5. The lowest BCUT2D eigenvalue weighted by Gasteiger charge is -2.19. The first kappa shape index (κ1) is 21.6. The van der Waals surface area contributed by atoms with E-state index in [-0.39, 0.29) is 10.4 Å². The number of halogens is 1. The van der Waals surface area contributed by atoms with Gasteiger partial charge < -0.3 is 5.32 Å². The Morgan fingerprint density at radius 2 is 1.76 bits per heavy atom. The van der Waals surface area contributed by atoms with Crippen LogP contribution in [0.15, 0.2) is 47.4 Å². The first-order chi connectivity index (χ1) is 13.5. The number of nitrogens with one attached hydrogen (secondary N) is 2. The maximum Gasteiger partial charge on any atom is 0.262 e. The van der Waals surface area contributed by atoms with E-state index >= 15 is 0 Å². The number of para-hydroxylation sites is 1. The molecule has 0 amide bonds. The predicted octanol–water partition coefficient (Wildman–Crippen LogP) is 6.09. The molecule has 3 rings (SSSR count). The smallest absolute Gasteiger partial charge is 0.262 e. The summed E-state index contributed by atoms with van der Waals surface area (Å²) in [6.45, 7) is 9.91. The van der Waals surface area contributed by atoms with Gasteiger partial charge in [0.2, 0.25) is 0 Å². The Morgan fingerprint density at radius 3 is 2.41 bits per heavy atom. The lowest BCUT2D eigenvalue weighted by atomic mass is 10.1. The average Bonchev–Trinajstić information content (AvgIpc) is 2.95. The fourth-order valence-corrected chi connectivity index (χ4v) is 5.57. The number of aryl methyl sites for hydroxylation is 2. The van der Waals surface area contributed by atoms with Gasteiger partial charge in [0.15, 0.2) is 5.13 Å². The van der Waals surface area contributed by atoms with Crippen LogP contribution < -0.4 is 10.0 Å². The van der Waals surface area contributed by atoms with E-state index in [0.717, 1.165) is 21.3 Å². The lowest BCUT2D eigenvalue weighted by molar-refractivity contribution is 0.600. The van der Waals surface area contributed by atoms with E-state index in [1.165, 1.54) is 11.3 Å². The number of aromatic nitrogens is 1. The zero-order valence-electron chi connectivity index (χ0n) is 17.0. The van der Waals surface area contributed by atoms with Gasteiger partial charge in [-0.25, -0.2) is 13.4 Å². The maximum atomic E-state index is 13.0. The quantitative estimate of drug-likeness (QED) is 0.494. The van der Waals surface area contributed by atoms with Gasteiger partial charge in [0.1, 0.15) is 0 Å². The largest absolute Gasteiger partial charge is 0.357 e. The zero-order valence-corrected chi connectivity index (χ0v) is 19.4. The Hall–Kier alpha value is -2.09. The van der Waals surface area contributed by atoms with Crippen LogP contribution in [0.4, 0.5) is 10.8 Å². The summed E-state index contributed by atoms with van der Waals surface area (Å²) in [5.74, 6) is 0. The Balaban J connectivity index is 2.00. The molecule has 0 spiro atoms. The molecular weight excluding hydrogens is 426 g/mol. The van der Waals surface area contributed by atoms with Crippen LogP contribution in [0.2, 0.25) is 5.02 Å². The molecule has 1 aromatic heterocycles. The standard InChI is InChI=1S/C21H24ClN3O2S2/c1-13-10-11-15(19-14(2)23-20(28-19)24-21(3,4)5)12-18(13)29(26,27)25-17-9-7-6-8-16(17)22/h6-12,25H,1-5H3,(H,23,24). The van der Waals surface area contributed by atoms with Crippen molar-refractivity contribution in [3.63, 3.8) is 0 Å². The summed E-state index contributed by atoms with van der Waals surface area (Å²) in [5, 5.41) is 4.53. The molecule has 154 valence electrons. The predicted molar refractivity (Wildman–Crippen MR) is 123 cm³/mol. The first-order valence-electron chi connectivity index (χ1n) is 9.10. The molecule has 2 aromatic carbocycles. The molecule has 2 N–H and O–H groups in total. The Kier molecular flexibility index (Phi) is 5.94. The fraction of sp³-hybridized carbons (Fsp3) is 0.286. The van der Waals surface area contributed by atoms with Gasteiger partial charge in [-0.1, -0.05) is 47.2 Å². The highest BCUT2D eigenvalue weighted by Crippen LogP contribution is 2.36. The van der Waals surface area contributed by atoms with E-state index in [2.05, 4.69) is 35.8 Å². The molecule has 0 aliphatic heterocycles. The van der Waals surface area contributed by atoms with Crippen molar-refractivity contribution in [3.05, 3.63) is 58.7 Å². The average molecular weight is 450 g/mol. The monoisotopic (exact) mass is 449 g/mol. The van der Waals surface area contributed by atoms with Gasteiger partial charge in [-0.2, -0.15) is 0 Å². The van der Waals surface area contributed by atoms with E-state index in [4.69, 9.17) is 11.6 Å². The molecule has 5 nitrogen and oxygen atoms in total. The number of hydrogen-bond donors (Lipinski definition) is 2. The van der Waals surface area contributed by atoms with Gasteiger partial charge in [0.05, 0.1) is 26.2 Å². The minimum atomic E-state index is -3.80. The van der Waals surface area contributed by atoms with Crippen LogP contribution in [0.3, 0.4) is 0 Å². The zero-order chi connectivity index (χ0) is 21.4. The SMILES string of the molecule is Cc1ccc(-c2sc(NC(C)(C)C)nc2C)cc1S(=O)(=O)Nc1ccccc1Cl. The Labute approximate surface area is 181 Å². The summed E-state index contributed by atoms with van der Waals surface area (Å²) in [4.78, 5) is 5.74. The van der Waals surface area contributed by atoms with Gasteiger partial charge in [0, 0.05) is 5.54 Å². The third-order valence-electron chi connectivity index (χ3n) is 4.14. The number of benzene rings is 2. The van der Waals surface area contributed by atoms with E-state index in [1.54, 1.807) is 37.3 Å². The van der Waals surface area contributed by atoms with Gasteiger partial charge in [-0.05, 0) is 63.9 Å². The van der Waals surface area contributed by atoms with Gasteiger partial charge >= 0.3 is 0 Å². The molecule has 8 heteroatoms. The highest BCUT2D eigenvalue weighted by Gasteiger charge is 2.21. The number of rotatable bonds is 5. The molecule has 29 heavy (non-hydrogen) atoms. The maximum absolute atomic E-state index is 13.0. The Bertz CT molecular complexity index is 1150. The summed E-state index contributed by atoms with van der Waals surface area (Å²) in [6, 6.07) is 12.2. The number of nitrogens with zero attached hydrogens (tertiary/aromatic N) is 1. The van der Waals surface area contributed by atoms with Crippen molar-refractivity contribution in [2.24, 2.45) is 0 Å². The normalized spacial score (nSPS) is 12.1. The number of thiazole rings is 1. The van der Waals surface area contributed by atoms with Crippen molar-refractivity contribution >= 4 is 43.8 Å². The second-order valence-electron chi connectivity index (χ2n) is 7.87. The number of sulfonamides is 1. The lowest BCUT2D eigenvalue weighted by Crippen LogP contribution is -2.25. The molecule has 0 unspecified atom stereocenters. The highest BCUT2D eigenvalue weighted by atomic mass is 35.5. The van der Waals surface area contributed by atoms with Crippen molar-refractivity contribution in [1.82, 2.24) is 4.98 Å².